The molecule has 9 nitrogen and oxygen atoms in total. The summed E-state index contributed by atoms with van der Waals surface area (Å²) in [6.45, 7) is 7.12. The molecule has 314 valence electrons. The van der Waals surface area contributed by atoms with Gasteiger partial charge in [0.15, 0.2) is 0 Å². The Hall–Kier alpha value is -6.39. The summed E-state index contributed by atoms with van der Waals surface area (Å²) in [6, 6.07) is 20.3. The van der Waals surface area contributed by atoms with E-state index in [-0.39, 0.29) is 35.1 Å². The molecule has 6 rings (SSSR count). The van der Waals surface area contributed by atoms with Crippen LogP contribution in [0.1, 0.15) is 51.5 Å². The van der Waals surface area contributed by atoms with E-state index >= 15 is 0 Å². The number of carbonyl (C=O) groups is 4. The normalized spacial score (nSPS) is 11.2. The number of nitrogens with two attached hydrogens (primary N) is 1. The minimum Gasteiger partial charge on any atom is -0.378 e. The maximum atomic E-state index is 14.3. The molecule has 0 fully saturated rings. The molecule has 0 radical (unpaired) electrons. The number of amides is 3. The van der Waals surface area contributed by atoms with Crippen molar-refractivity contribution in [2.24, 2.45) is 5.73 Å². The maximum Gasteiger partial charge on any atom is 0.254 e. The zero-order valence-corrected chi connectivity index (χ0v) is 34.6. The van der Waals surface area contributed by atoms with Crippen LogP contribution in [0.15, 0.2) is 113 Å². The zero-order valence-electron chi connectivity index (χ0n) is 32.9. The van der Waals surface area contributed by atoms with E-state index in [1.807, 2.05) is 44.7 Å². The molecule has 6 aromatic rings. The van der Waals surface area contributed by atoms with Crippen molar-refractivity contribution >= 4 is 69.7 Å². The van der Waals surface area contributed by atoms with Crippen LogP contribution in [0, 0.1) is 36.0 Å². The SMILES string of the molecule is C=CSc1ccc(NC=O)cc1C.CC(NC(=O)c1cc([C@H](C=O)Cc2cc(F)cc(F)c2)ccc1F)c1cc(F)cc(F)c1.CN(C)c1ccc2scnc2c1.NC=O. The standard InChI is InChI=1S/C24H18F5NO2.C10H11NOS.C9H10N2S.CH3NO/c1-13(16-7-20(27)11-21(28)8-16)30-24(32)22-9-15(2-3-23(22)29)17(12-31)4-14-5-18(25)10-19(26)6-14;1-3-13-10-5-4-9(11-7-12)6-8(10)2;1-11(2)7-3-4-9-8(5-7)10-6-12-9;2-1-3/h2-3,5-13,17H,4H2,1H3,(H,30,32);3-7H,1H2,2H3,(H,11,12);3-6H,1-2H3;1H,(H2,2,3)/t13?,17-;;;/m0.../s1. The second kappa shape index (κ2) is 23.9. The number of aryl methyl sites for hydroxylation is 1. The number of fused-ring (bicyclic) bond motifs is 1. The minimum atomic E-state index is -0.891. The number of thioether (sulfide) groups is 1. The molecule has 0 aliphatic carbocycles. The highest BCUT2D eigenvalue weighted by atomic mass is 32.2. The monoisotopic (exact) mass is 863 g/mol. The van der Waals surface area contributed by atoms with E-state index in [1.165, 1.54) is 23.4 Å². The van der Waals surface area contributed by atoms with Crippen LogP contribution >= 0.6 is 23.1 Å². The Morgan fingerprint density at radius 3 is 2.07 bits per heavy atom. The van der Waals surface area contributed by atoms with Gasteiger partial charge in [0.1, 0.15) is 35.4 Å². The van der Waals surface area contributed by atoms with Gasteiger partial charge < -0.3 is 26.1 Å². The fourth-order valence-corrected chi connectivity index (χ4v) is 6.74. The van der Waals surface area contributed by atoms with Gasteiger partial charge in [-0.05, 0) is 121 Å². The number of anilines is 2. The topological polar surface area (TPSA) is 134 Å². The lowest BCUT2D eigenvalue weighted by atomic mass is 9.91. The third-order valence-electron chi connectivity index (χ3n) is 8.38. The number of halogens is 5. The van der Waals surface area contributed by atoms with Gasteiger partial charge in [-0.2, -0.15) is 0 Å². The zero-order chi connectivity index (χ0) is 44.4. The summed E-state index contributed by atoms with van der Waals surface area (Å²) in [4.78, 5) is 50.5. The molecule has 1 unspecified atom stereocenters. The van der Waals surface area contributed by atoms with Gasteiger partial charge in [-0.1, -0.05) is 24.4 Å². The van der Waals surface area contributed by atoms with E-state index < -0.39 is 47.0 Å². The second-order valence-electron chi connectivity index (χ2n) is 12.9. The molecule has 0 aliphatic rings. The number of primary amides is 1. The summed E-state index contributed by atoms with van der Waals surface area (Å²) in [5.41, 5.74) is 10.5. The number of hydrogen-bond donors (Lipinski definition) is 3. The molecular formula is C44H42F5N5O4S2. The predicted octanol–water partition coefficient (Wildman–Crippen LogP) is 9.66. The van der Waals surface area contributed by atoms with Crippen LogP contribution in [0.2, 0.25) is 0 Å². The number of thiazole rings is 1. The van der Waals surface area contributed by atoms with E-state index in [9.17, 15) is 36.3 Å². The number of rotatable bonds is 12. The van der Waals surface area contributed by atoms with Gasteiger partial charge >= 0.3 is 0 Å². The molecule has 0 saturated carbocycles. The van der Waals surface area contributed by atoms with Crippen LogP contribution in [0.4, 0.5) is 33.3 Å². The van der Waals surface area contributed by atoms with Gasteiger partial charge in [0.05, 0.1) is 27.3 Å². The van der Waals surface area contributed by atoms with Crippen molar-refractivity contribution in [3.05, 3.63) is 165 Å². The number of hydrogen-bond acceptors (Lipinski definition) is 8. The molecule has 5 aromatic carbocycles. The van der Waals surface area contributed by atoms with Crippen LogP contribution in [0.25, 0.3) is 10.2 Å². The largest absolute Gasteiger partial charge is 0.378 e. The summed E-state index contributed by atoms with van der Waals surface area (Å²) >= 11 is 3.25. The lowest BCUT2D eigenvalue weighted by Gasteiger charge is -2.17. The first-order valence-electron chi connectivity index (χ1n) is 17.8. The molecule has 0 bridgehead atoms. The lowest BCUT2D eigenvalue weighted by molar-refractivity contribution is -0.109. The summed E-state index contributed by atoms with van der Waals surface area (Å²) in [5.74, 6) is -5.86. The molecule has 0 saturated heterocycles. The highest BCUT2D eigenvalue weighted by Gasteiger charge is 2.20. The summed E-state index contributed by atoms with van der Waals surface area (Å²) in [6.07, 6.45) is 1.40. The summed E-state index contributed by atoms with van der Waals surface area (Å²) in [7, 11) is 4.07. The van der Waals surface area contributed by atoms with Gasteiger partial charge in [-0.3, -0.25) is 14.4 Å². The Bertz CT molecular complexity index is 2370. The van der Waals surface area contributed by atoms with Crippen molar-refractivity contribution in [3.63, 3.8) is 0 Å². The third-order valence-corrected chi connectivity index (χ3v) is 10.1. The average molecular weight is 864 g/mol. The van der Waals surface area contributed by atoms with Crippen LogP contribution in [-0.2, 0) is 20.8 Å². The molecule has 3 amide bonds. The van der Waals surface area contributed by atoms with Crippen molar-refractivity contribution in [3.8, 4) is 0 Å². The number of benzene rings is 5. The Morgan fingerprint density at radius 2 is 1.50 bits per heavy atom. The number of aromatic nitrogens is 1. The Balaban J connectivity index is 0.000000279. The van der Waals surface area contributed by atoms with Crippen molar-refractivity contribution < 1.29 is 41.1 Å². The Morgan fingerprint density at radius 1 is 0.867 bits per heavy atom. The fourth-order valence-electron chi connectivity index (χ4n) is 5.51. The molecule has 1 aromatic heterocycles. The van der Waals surface area contributed by atoms with Gasteiger partial charge in [-0.15, -0.1) is 11.3 Å². The molecule has 4 N–H and O–H groups in total. The molecule has 2 atom stereocenters. The highest BCUT2D eigenvalue weighted by Crippen LogP contribution is 2.26. The van der Waals surface area contributed by atoms with E-state index in [1.54, 1.807) is 28.5 Å². The first-order valence-corrected chi connectivity index (χ1v) is 19.6. The molecular weight excluding hydrogens is 822 g/mol. The van der Waals surface area contributed by atoms with Crippen LogP contribution in [0.3, 0.4) is 0 Å². The Kier molecular flexibility index (Phi) is 19.1. The van der Waals surface area contributed by atoms with Crippen molar-refractivity contribution in [2.45, 2.75) is 37.1 Å². The first kappa shape index (κ1) is 48.0. The fraction of sp³-hybridized carbons (Fsp3) is 0.159. The van der Waals surface area contributed by atoms with Crippen molar-refractivity contribution in [1.82, 2.24) is 10.3 Å². The summed E-state index contributed by atoms with van der Waals surface area (Å²) in [5, 5.41) is 6.85. The number of nitrogens with zero attached hydrogens (tertiary/aromatic N) is 2. The second-order valence-corrected chi connectivity index (χ2v) is 14.8. The van der Waals surface area contributed by atoms with Crippen LogP contribution in [-0.4, -0.2) is 44.1 Å². The van der Waals surface area contributed by atoms with Gasteiger partial charge in [-0.25, -0.2) is 26.9 Å². The quantitative estimate of drug-likeness (QED) is 0.0634. The lowest BCUT2D eigenvalue weighted by Crippen LogP contribution is -2.28. The number of carbonyl (C=O) groups excluding carboxylic acids is 4. The minimum absolute atomic E-state index is 0.0656. The van der Waals surface area contributed by atoms with Gasteiger partial charge in [0.25, 0.3) is 5.91 Å². The van der Waals surface area contributed by atoms with Crippen molar-refractivity contribution in [1.29, 1.82) is 0 Å². The first-order chi connectivity index (χ1) is 28.6. The van der Waals surface area contributed by atoms with E-state index in [0.29, 0.717) is 24.8 Å². The summed E-state index contributed by atoms with van der Waals surface area (Å²) < 4.78 is 69.3. The average Bonchev–Trinajstić information content (AvgIpc) is 3.67. The van der Waals surface area contributed by atoms with Gasteiger partial charge in [0.2, 0.25) is 12.8 Å². The maximum absolute atomic E-state index is 14.3. The third kappa shape index (κ3) is 14.8. The van der Waals surface area contributed by atoms with Crippen LogP contribution in [0.5, 0.6) is 0 Å². The van der Waals surface area contributed by atoms with E-state index in [2.05, 4.69) is 51.0 Å². The number of nitrogens with one attached hydrogen (secondary N) is 2. The van der Waals surface area contributed by atoms with Crippen molar-refractivity contribution in [2.75, 3.05) is 24.3 Å². The van der Waals surface area contributed by atoms with Crippen LogP contribution < -0.4 is 21.3 Å². The van der Waals surface area contributed by atoms with Gasteiger partial charge in [0, 0.05) is 48.4 Å². The molecule has 16 heteroatoms. The molecule has 1 heterocycles. The number of aldehydes is 1. The smallest absolute Gasteiger partial charge is 0.254 e. The predicted molar refractivity (Wildman–Crippen MR) is 229 cm³/mol. The molecule has 60 heavy (non-hydrogen) atoms. The van der Waals surface area contributed by atoms with E-state index in [4.69, 9.17) is 4.79 Å². The Labute approximate surface area is 352 Å². The highest BCUT2D eigenvalue weighted by molar-refractivity contribution is 8.02. The molecule has 0 spiro atoms. The van der Waals surface area contributed by atoms with E-state index in [0.717, 1.165) is 58.1 Å². The molecule has 0 aliphatic heterocycles.